The van der Waals surface area contributed by atoms with Crippen molar-refractivity contribution in [1.82, 2.24) is 0 Å². The van der Waals surface area contributed by atoms with Crippen LogP contribution in [0.25, 0.3) is 110 Å². The van der Waals surface area contributed by atoms with E-state index in [0.717, 1.165) is 0 Å². The first-order valence-electron chi connectivity index (χ1n) is 20.1. The van der Waals surface area contributed by atoms with E-state index in [1.807, 2.05) is 0 Å². The molecular formula is C58H38. The highest BCUT2D eigenvalue weighted by atomic mass is 14.2. The third-order valence-corrected chi connectivity index (χ3v) is 11.9. The van der Waals surface area contributed by atoms with E-state index in [4.69, 9.17) is 0 Å². The van der Waals surface area contributed by atoms with Crippen LogP contribution in [0.15, 0.2) is 231 Å². The molecule has 0 bridgehead atoms. The molecule has 0 heteroatoms. The second kappa shape index (κ2) is 14.2. The lowest BCUT2D eigenvalue weighted by atomic mass is 9.85. The van der Waals surface area contributed by atoms with Crippen LogP contribution in [0.5, 0.6) is 0 Å². The normalized spacial score (nSPS) is 11.4. The number of hydrogen-bond acceptors (Lipinski definition) is 0. The van der Waals surface area contributed by atoms with Gasteiger partial charge in [-0.25, -0.2) is 0 Å². The maximum Gasteiger partial charge on any atom is -0.00264 e. The van der Waals surface area contributed by atoms with E-state index < -0.39 is 0 Å². The Kier molecular flexibility index (Phi) is 8.26. The van der Waals surface area contributed by atoms with Gasteiger partial charge in [0.25, 0.3) is 0 Å². The van der Waals surface area contributed by atoms with E-state index in [0.29, 0.717) is 0 Å². The highest BCUT2D eigenvalue weighted by molar-refractivity contribution is 6.21. The molecule has 0 fully saturated rings. The van der Waals surface area contributed by atoms with E-state index in [-0.39, 0.29) is 0 Å². The molecule has 11 rings (SSSR count). The first-order chi connectivity index (χ1) is 28.7. The molecule has 0 N–H and O–H groups in total. The van der Waals surface area contributed by atoms with Gasteiger partial charge in [-0.1, -0.05) is 218 Å². The van der Waals surface area contributed by atoms with Crippen molar-refractivity contribution >= 4 is 43.1 Å². The smallest absolute Gasteiger partial charge is 0.00264 e. The first-order valence-corrected chi connectivity index (χ1v) is 20.1. The molecule has 0 unspecified atom stereocenters. The maximum absolute atomic E-state index is 2.32. The van der Waals surface area contributed by atoms with Gasteiger partial charge in [-0.3, -0.25) is 0 Å². The van der Waals surface area contributed by atoms with Gasteiger partial charge in [-0.2, -0.15) is 0 Å². The van der Waals surface area contributed by atoms with Crippen molar-refractivity contribution in [2.75, 3.05) is 0 Å². The molecule has 0 aliphatic rings. The lowest BCUT2D eigenvalue weighted by molar-refractivity contribution is 1.59. The summed E-state index contributed by atoms with van der Waals surface area (Å²) in [5.74, 6) is 0. The zero-order chi connectivity index (χ0) is 38.4. The molecule has 270 valence electrons. The molecule has 11 aromatic carbocycles. The van der Waals surface area contributed by atoms with E-state index in [1.165, 1.54) is 110 Å². The van der Waals surface area contributed by atoms with Crippen LogP contribution < -0.4 is 0 Å². The van der Waals surface area contributed by atoms with Crippen LogP contribution in [0.4, 0.5) is 0 Å². The third kappa shape index (κ3) is 5.95. The Labute approximate surface area is 339 Å². The number of hydrogen-bond donors (Lipinski definition) is 0. The average molecular weight is 735 g/mol. The molecule has 0 atom stereocenters. The Morgan fingerprint density at radius 3 is 1.09 bits per heavy atom. The highest BCUT2D eigenvalue weighted by Gasteiger charge is 2.17. The van der Waals surface area contributed by atoms with Gasteiger partial charge in [0, 0.05) is 0 Å². The number of rotatable bonds is 6. The van der Waals surface area contributed by atoms with E-state index in [1.54, 1.807) is 0 Å². The molecule has 0 aliphatic heterocycles. The van der Waals surface area contributed by atoms with E-state index in [9.17, 15) is 0 Å². The molecule has 11 aromatic rings. The SMILES string of the molecule is c1ccc(-c2cccc3cc(-c4ccc(-c5c6ccccc6c(-c6ccc(-c7ccc(-c8ccc9ccccc9c8)cc7)cc6)c6ccccc56)cc4)ccc23)cc1. The predicted octanol–water partition coefficient (Wildman–Crippen LogP) is 16.3. The van der Waals surface area contributed by atoms with Gasteiger partial charge in [-0.15, -0.1) is 0 Å². The van der Waals surface area contributed by atoms with Crippen molar-refractivity contribution in [3.63, 3.8) is 0 Å². The van der Waals surface area contributed by atoms with Crippen LogP contribution in [0, 0.1) is 0 Å². The summed E-state index contributed by atoms with van der Waals surface area (Å²) in [4.78, 5) is 0. The number of benzene rings is 11. The van der Waals surface area contributed by atoms with Gasteiger partial charge in [-0.05, 0) is 122 Å². The van der Waals surface area contributed by atoms with Crippen LogP contribution in [0.2, 0.25) is 0 Å². The molecule has 0 radical (unpaired) electrons. The Hall–Kier alpha value is -7.54. The minimum Gasteiger partial charge on any atom is -0.0622 e. The Morgan fingerprint density at radius 1 is 0.172 bits per heavy atom. The fourth-order valence-electron chi connectivity index (χ4n) is 8.97. The summed E-state index contributed by atoms with van der Waals surface area (Å²) in [6.07, 6.45) is 0. The topological polar surface area (TPSA) is 0 Å². The maximum atomic E-state index is 2.32. The predicted molar refractivity (Wildman–Crippen MR) is 249 cm³/mol. The second-order valence-electron chi connectivity index (χ2n) is 15.2. The van der Waals surface area contributed by atoms with Gasteiger partial charge < -0.3 is 0 Å². The van der Waals surface area contributed by atoms with Gasteiger partial charge in [0.15, 0.2) is 0 Å². The molecule has 0 amide bonds. The highest BCUT2D eigenvalue weighted by Crippen LogP contribution is 2.44. The van der Waals surface area contributed by atoms with Crippen LogP contribution in [0.1, 0.15) is 0 Å². The van der Waals surface area contributed by atoms with Gasteiger partial charge in [0.1, 0.15) is 0 Å². The summed E-state index contributed by atoms with van der Waals surface area (Å²) in [6, 6.07) is 84.4. The summed E-state index contributed by atoms with van der Waals surface area (Å²) in [6.45, 7) is 0. The van der Waals surface area contributed by atoms with Gasteiger partial charge in [0.2, 0.25) is 0 Å². The summed E-state index contributed by atoms with van der Waals surface area (Å²) < 4.78 is 0. The minimum absolute atomic E-state index is 1.21. The quantitative estimate of drug-likeness (QED) is 0.149. The summed E-state index contributed by atoms with van der Waals surface area (Å²) in [7, 11) is 0. The molecule has 0 spiro atoms. The standard InChI is InChI=1S/C58H38/c1-2-12-44(13-3-1)51-20-10-15-50-38-49(35-36-52(50)51)43-27-32-46(33-28-43)58-55-18-8-6-16-53(55)57(54-17-7-9-19-56(54)58)45-30-25-41(26-31-45)40-21-23-42(24-22-40)48-34-29-39-11-4-5-14-47(39)37-48/h1-38H. The van der Waals surface area contributed by atoms with Crippen molar-refractivity contribution in [3.8, 4) is 66.8 Å². The van der Waals surface area contributed by atoms with Crippen molar-refractivity contribution in [1.29, 1.82) is 0 Å². The number of fused-ring (bicyclic) bond motifs is 4. The lowest BCUT2D eigenvalue weighted by Crippen LogP contribution is -1.91. The van der Waals surface area contributed by atoms with Gasteiger partial charge >= 0.3 is 0 Å². The Bertz CT molecular complexity index is 3220. The van der Waals surface area contributed by atoms with Crippen molar-refractivity contribution < 1.29 is 0 Å². The van der Waals surface area contributed by atoms with Gasteiger partial charge in [0.05, 0.1) is 0 Å². The average Bonchev–Trinajstić information content (AvgIpc) is 3.30. The Balaban J connectivity index is 0.935. The largest absolute Gasteiger partial charge is 0.0622 e. The molecule has 58 heavy (non-hydrogen) atoms. The van der Waals surface area contributed by atoms with Crippen molar-refractivity contribution in [2.24, 2.45) is 0 Å². The zero-order valence-corrected chi connectivity index (χ0v) is 31.9. The van der Waals surface area contributed by atoms with Crippen LogP contribution >= 0.6 is 0 Å². The summed E-state index contributed by atoms with van der Waals surface area (Å²) in [5.41, 5.74) is 14.8. The van der Waals surface area contributed by atoms with E-state index >= 15 is 0 Å². The first kappa shape index (κ1) is 33.8. The zero-order valence-electron chi connectivity index (χ0n) is 31.9. The third-order valence-electron chi connectivity index (χ3n) is 11.9. The second-order valence-corrected chi connectivity index (χ2v) is 15.2. The molecule has 0 saturated carbocycles. The monoisotopic (exact) mass is 734 g/mol. The minimum atomic E-state index is 1.21. The summed E-state index contributed by atoms with van der Waals surface area (Å²) >= 11 is 0. The lowest BCUT2D eigenvalue weighted by Gasteiger charge is -2.18. The molecule has 0 aliphatic carbocycles. The molecule has 0 heterocycles. The fourth-order valence-corrected chi connectivity index (χ4v) is 8.97. The molecule has 0 saturated heterocycles. The van der Waals surface area contributed by atoms with Crippen LogP contribution in [-0.4, -0.2) is 0 Å². The van der Waals surface area contributed by atoms with Crippen molar-refractivity contribution in [3.05, 3.63) is 231 Å². The molecular weight excluding hydrogens is 697 g/mol. The molecule has 0 nitrogen and oxygen atoms in total. The van der Waals surface area contributed by atoms with Crippen LogP contribution in [0.3, 0.4) is 0 Å². The molecule has 0 aromatic heterocycles. The van der Waals surface area contributed by atoms with Crippen molar-refractivity contribution in [2.45, 2.75) is 0 Å². The summed E-state index contributed by atoms with van der Waals surface area (Å²) in [5, 5.41) is 10.1. The Morgan fingerprint density at radius 2 is 0.552 bits per heavy atom. The fraction of sp³-hybridized carbons (Fsp3) is 0. The van der Waals surface area contributed by atoms with Crippen LogP contribution in [-0.2, 0) is 0 Å². The van der Waals surface area contributed by atoms with E-state index in [2.05, 4.69) is 231 Å².